The molecule has 28 heavy (non-hydrogen) atoms. The third kappa shape index (κ3) is 4.16. The normalized spacial score (nSPS) is 14.8. The van der Waals surface area contributed by atoms with Crippen molar-refractivity contribution in [2.45, 2.75) is 23.0 Å². The van der Waals surface area contributed by atoms with Crippen molar-refractivity contribution >= 4 is 23.4 Å². The Bertz CT molecular complexity index is 1000. The number of nitriles is 1. The highest BCUT2D eigenvalue weighted by Gasteiger charge is 2.28. The second-order valence-corrected chi connectivity index (χ2v) is 7.62. The van der Waals surface area contributed by atoms with Crippen LogP contribution < -0.4 is 10.1 Å². The number of fused-ring (bicyclic) bond motifs is 1. The lowest BCUT2D eigenvalue weighted by Gasteiger charge is -2.10. The Morgan fingerprint density at radius 1 is 1.18 bits per heavy atom. The zero-order valence-electron chi connectivity index (χ0n) is 15.0. The van der Waals surface area contributed by atoms with Crippen LogP contribution in [0.1, 0.15) is 11.1 Å². The first-order valence-corrected chi connectivity index (χ1v) is 9.74. The standard InChI is InChI=1S/C22H17N3O2S/c23-12-11-15-5-8-18(9-6-15)27-21-10-7-17(14-24-21)25-22(26)20-13-16-3-1-2-4-19(16)28-20/h1-10,14,20H,11,13H2,(H,25,26). The number of anilines is 1. The number of rotatable bonds is 5. The van der Waals surface area contributed by atoms with E-state index in [4.69, 9.17) is 10.00 Å². The van der Waals surface area contributed by atoms with E-state index >= 15 is 0 Å². The summed E-state index contributed by atoms with van der Waals surface area (Å²) in [6, 6.07) is 21.0. The smallest absolute Gasteiger partial charge is 0.238 e. The summed E-state index contributed by atoms with van der Waals surface area (Å²) in [4.78, 5) is 18.0. The predicted octanol–water partition coefficient (Wildman–Crippen LogP) is 4.60. The van der Waals surface area contributed by atoms with E-state index in [1.165, 1.54) is 10.5 Å². The highest BCUT2D eigenvalue weighted by atomic mass is 32.2. The minimum atomic E-state index is -0.125. The molecule has 0 aliphatic carbocycles. The molecule has 0 radical (unpaired) electrons. The van der Waals surface area contributed by atoms with E-state index in [0.29, 0.717) is 23.7 Å². The SMILES string of the molecule is N#CCc1ccc(Oc2ccc(NC(=O)C3Cc4ccccc4S3)cn2)cc1. The van der Waals surface area contributed by atoms with Crippen LogP contribution in [0.15, 0.2) is 71.8 Å². The molecule has 3 aromatic rings. The molecule has 1 amide bonds. The first-order chi connectivity index (χ1) is 13.7. The first-order valence-electron chi connectivity index (χ1n) is 8.86. The fourth-order valence-electron chi connectivity index (χ4n) is 2.95. The highest BCUT2D eigenvalue weighted by molar-refractivity contribution is 8.01. The maximum Gasteiger partial charge on any atom is 0.238 e. The predicted molar refractivity (Wildman–Crippen MR) is 108 cm³/mol. The van der Waals surface area contributed by atoms with Crippen LogP contribution in [0.25, 0.3) is 0 Å². The van der Waals surface area contributed by atoms with Gasteiger partial charge in [0.15, 0.2) is 0 Å². The first kappa shape index (κ1) is 18.1. The Labute approximate surface area is 167 Å². The largest absolute Gasteiger partial charge is 0.439 e. The van der Waals surface area contributed by atoms with Gasteiger partial charge in [-0.05, 0) is 41.8 Å². The van der Waals surface area contributed by atoms with E-state index in [9.17, 15) is 4.79 Å². The van der Waals surface area contributed by atoms with E-state index in [2.05, 4.69) is 22.4 Å². The number of carbonyl (C=O) groups is 1. The number of aromatic nitrogens is 1. The molecule has 138 valence electrons. The molecule has 1 atom stereocenters. The molecule has 1 aromatic heterocycles. The number of nitrogens with zero attached hydrogens (tertiary/aromatic N) is 2. The molecule has 0 saturated heterocycles. The molecule has 6 heteroatoms. The topological polar surface area (TPSA) is 75.0 Å². The zero-order valence-corrected chi connectivity index (χ0v) is 15.8. The maximum absolute atomic E-state index is 12.5. The summed E-state index contributed by atoms with van der Waals surface area (Å²) < 4.78 is 5.70. The fourth-order valence-corrected chi connectivity index (χ4v) is 4.15. The molecule has 1 aliphatic rings. The maximum atomic E-state index is 12.5. The van der Waals surface area contributed by atoms with Crippen LogP contribution in [0.3, 0.4) is 0 Å². The average Bonchev–Trinajstić information content (AvgIpc) is 3.16. The quantitative estimate of drug-likeness (QED) is 0.693. The Balaban J connectivity index is 1.34. The molecule has 1 N–H and O–H groups in total. The Kier molecular flexibility index (Phi) is 5.27. The van der Waals surface area contributed by atoms with Crippen LogP contribution >= 0.6 is 11.8 Å². The van der Waals surface area contributed by atoms with Gasteiger partial charge >= 0.3 is 0 Å². The van der Waals surface area contributed by atoms with Gasteiger partial charge in [-0.15, -0.1) is 11.8 Å². The molecular formula is C22H17N3O2S. The van der Waals surface area contributed by atoms with Gasteiger partial charge in [0.05, 0.1) is 29.6 Å². The van der Waals surface area contributed by atoms with Gasteiger partial charge < -0.3 is 10.1 Å². The minimum Gasteiger partial charge on any atom is -0.439 e. The molecule has 1 aliphatic heterocycles. The third-order valence-electron chi connectivity index (χ3n) is 4.37. The lowest BCUT2D eigenvalue weighted by molar-refractivity contribution is -0.115. The molecule has 0 bridgehead atoms. The number of amides is 1. The van der Waals surface area contributed by atoms with Crippen molar-refractivity contribution in [1.29, 1.82) is 5.26 Å². The van der Waals surface area contributed by atoms with Crippen molar-refractivity contribution in [3.63, 3.8) is 0 Å². The van der Waals surface area contributed by atoms with Crippen molar-refractivity contribution in [1.82, 2.24) is 4.98 Å². The monoisotopic (exact) mass is 387 g/mol. The van der Waals surface area contributed by atoms with Crippen molar-refractivity contribution < 1.29 is 9.53 Å². The van der Waals surface area contributed by atoms with Crippen molar-refractivity contribution in [2.75, 3.05) is 5.32 Å². The van der Waals surface area contributed by atoms with Crippen molar-refractivity contribution in [3.8, 4) is 17.7 Å². The number of hydrogen-bond acceptors (Lipinski definition) is 5. The number of hydrogen-bond donors (Lipinski definition) is 1. The van der Waals surface area contributed by atoms with E-state index in [-0.39, 0.29) is 11.2 Å². The second-order valence-electron chi connectivity index (χ2n) is 6.37. The van der Waals surface area contributed by atoms with Gasteiger partial charge in [0.25, 0.3) is 0 Å². The Hall–Kier alpha value is -3.30. The molecule has 0 saturated carbocycles. The van der Waals surface area contributed by atoms with E-state index in [1.54, 1.807) is 42.2 Å². The summed E-state index contributed by atoms with van der Waals surface area (Å²) in [5.74, 6) is 1.06. The summed E-state index contributed by atoms with van der Waals surface area (Å²) in [5, 5.41) is 11.5. The van der Waals surface area contributed by atoms with Gasteiger partial charge in [0.2, 0.25) is 11.8 Å². The number of ether oxygens (including phenoxy) is 1. The number of benzene rings is 2. The Morgan fingerprint density at radius 3 is 2.71 bits per heavy atom. The summed E-state index contributed by atoms with van der Waals surface area (Å²) in [6.07, 6.45) is 2.70. The van der Waals surface area contributed by atoms with Gasteiger partial charge in [-0.1, -0.05) is 30.3 Å². The van der Waals surface area contributed by atoms with Crippen LogP contribution in [-0.4, -0.2) is 16.1 Å². The number of nitrogens with one attached hydrogen (secondary N) is 1. The Morgan fingerprint density at radius 2 is 2.00 bits per heavy atom. The second kappa shape index (κ2) is 8.15. The molecule has 2 aromatic carbocycles. The van der Waals surface area contributed by atoms with Crippen molar-refractivity contribution in [2.24, 2.45) is 0 Å². The average molecular weight is 387 g/mol. The van der Waals surface area contributed by atoms with Gasteiger partial charge in [-0.2, -0.15) is 5.26 Å². The molecule has 0 spiro atoms. The van der Waals surface area contributed by atoms with Crippen LogP contribution in [0.4, 0.5) is 5.69 Å². The van der Waals surface area contributed by atoms with E-state index in [0.717, 1.165) is 12.0 Å². The molecular weight excluding hydrogens is 370 g/mol. The van der Waals surface area contributed by atoms with Gasteiger partial charge in [-0.25, -0.2) is 4.98 Å². The van der Waals surface area contributed by atoms with E-state index < -0.39 is 0 Å². The molecule has 2 heterocycles. The summed E-state index contributed by atoms with van der Waals surface area (Å²) in [7, 11) is 0. The lowest BCUT2D eigenvalue weighted by atomic mass is 10.1. The van der Waals surface area contributed by atoms with Crippen LogP contribution in [-0.2, 0) is 17.6 Å². The summed E-state index contributed by atoms with van der Waals surface area (Å²) in [6.45, 7) is 0. The molecule has 5 nitrogen and oxygen atoms in total. The minimum absolute atomic E-state index is 0.0234. The lowest BCUT2D eigenvalue weighted by Crippen LogP contribution is -2.24. The molecule has 1 unspecified atom stereocenters. The number of pyridine rings is 1. The zero-order chi connectivity index (χ0) is 19.3. The molecule has 4 rings (SSSR count). The van der Waals surface area contributed by atoms with Crippen LogP contribution in [0.2, 0.25) is 0 Å². The van der Waals surface area contributed by atoms with Crippen LogP contribution in [0.5, 0.6) is 11.6 Å². The van der Waals surface area contributed by atoms with Crippen molar-refractivity contribution in [3.05, 3.63) is 78.0 Å². The summed E-state index contributed by atoms with van der Waals surface area (Å²) >= 11 is 1.60. The van der Waals surface area contributed by atoms with Gasteiger partial charge in [-0.3, -0.25) is 4.79 Å². The van der Waals surface area contributed by atoms with Gasteiger partial charge in [0.1, 0.15) is 5.75 Å². The van der Waals surface area contributed by atoms with Gasteiger partial charge in [0, 0.05) is 11.0 Å². The highest BCUT2D eigenvalue weighted by Crippen LogP contribution is 2.37. The van der Waals surface area contributed by atoms with E-state index in [1.807, 2.05) is 30.3 Å². The number of thioether (sulfide) groups is 1. The molecule has 0 fully saturated rings. The number of carbonyl (C=O) groups excluding carboxylic acids is 1. The van der Waals surface area contributed by atoms with Crippen LogP contribution in [0, 0.1) is 11.3 Å². The third-order valence-corrected chi connectivity index (χ3v) is 5.69. The fraction of sp³-hybridized carbons (Fsp3) is 0.136. The summed E-state index contributed by atoms with van der Waals surface area (Å²) in [5.41, 5.74) is 2.79.